The number of methoxy groups -OCH3 is 1. The van der Waals surface area contributed by atoms with E-state index in [9.17, 15) is 8.42 Å². The van der Waals surface area contributed by atoms with Crippen LogP contribution in [0, 0.1) is 0 Å². The van der Waals surface area contributed by atoms with Crippen LogP contribution in [0.2, 0.25) is 0 Å². The number of aromatic nitrogens is 2. The van der Waals surface area contributed by atoms with Gasteiger partial charge in [-0.25, -0.2) is 13.1 Å². The number of nitrogens with one attached hydrogen (secondary N) is 1. The van der Waals surface area contributed by atoms with Crippen molar-refractivity contribution in [3.63, 3.8) is 0 Å². The molecule has 7 nitrogen and oxygen atoms in total. The molecule has 0 saturated carbocycles. The minimum absolute atomic E-state index is 0.0334. The quantitative estimate of drug-likeness (QED) is 0.805. The van der Waals surface area contributed by atoms with Crippen LogP contribution in [0.4, 0.5) is 0 Å². The van der Waals surface area contributed by atoms with Crippen LogP contribution in [-0.2, 0) is 30.2 Å². The second kappa shape index (κ2) is 6.25. The molecule has 0 fully saturated rings. The highest BCUT2D eigenvalue weighted by atomic mass is 32.2. The third kappa shape index (κ3) is 3.60. The van der Waals surface area contributed by atoms with Gasteiger partial charge in [0, 0.05) is 25.4 Å². The number of hydrogen-bond donors (Lipinski definition) is 2. The molecule has 8 heteroatoms. The van der Waals surface area contributed by atoms with Crippen LogP contribution in [0.25, 0.3) is 0 Å². The van der Waals surface area contributed by atoms with Crippen LogP contribution in [0.3, 0.4) is 0 Å². The smallest absolute Gasteiger partial charge is 0.244 e. The van der Waals surface area contributed by atoms with Crippen molar-refractivity contribution >= 4 is 10.0 Å². The number of hydrogen-bond acceptors (Lipinski definition) is 5. The summed E-state index contributed by atoms with van der Waals surface area (Å²) < 4.78 is 33.8. The third-order valence-electron chi connectivity index (χ3n) is 2.92. The van der Waals surface area contributed by atoms with E-state index in [0.717, 1.165) is 5.56 Å². The molecule has 1 aromatic carbocycles. The first-order valence-electron chi connectivity index (χ1n) is 6.21. The lowest BCUT2D eigenvalue weighted by Crippen LogP contribution is -2.23. The lowest BCUT2D eigenvalue weighted by atomic mass is 10.2. The maximum Gasteiger partial charge on any atom is 0.244 e. The Bertz CT molecular complexity index is 725. The molecule has 21 heavy (non-hydrogen) atoms. The number of nitrogens with zero attached hydrogens (tertiary/aromatic N) is 2. The predicted molar refractivity (Wildman–Crippen MR) is 76.2 cm³/mol. The molecule has 0 amide bonds. The summed E-state index contributed by atoms with van der Waals surface area (Å²) in [5, 5.41) is 13.1. The Hall–Kier alpha value is -1.90. The summed E-state index contributed by atoms with van der Waals surface area (Å²) in [4.78, 5) is 0.0334. The van der Waals surface area contributed by atoms with Gasteiger partial charge in [0.25, 0.3) is 0 Å². The van der Waals surface area contributed by atoms with Gasteiger partial charge in [-0.1, -0.05) is 6.07 Å². The van der Waals surface area contributed by atoms with Gasteiger partial charge in [-0.3, -0.25) is 4.68 Å². The first-order valence-corrected chi connectivity index (χ1v) is 7.69. The molecule has 0 aliphatic heterocycles. The number of benzene rings is 1. The van der Waals surface area contributed by atoms with Gasteiger partial charge in [0.05, 0.1) is 19.9 Å². The molecular weight excluding hydrogens is 294 g/mol. The van der Waals surface area contributed by atoms with Crippen molar-refractivity contribution in [1.29, 1.82) is 0 Å². The van der Waals surface area contributed by atoms with E-state index in [1.54, 1.807) is 30.2 Å². The number of ether oxygens (including phenoxy) is 1. The van der Waals surface area contributed by atoms with E-state index in [0.29, 0.717) is 5.56 Å². The molecule has 0 bridgehead atoms. The Morgan fingerprint density at radius 2 is 2.14 bits per heavy atom. The summed E-state index contributed by atoms with van der Waals surface area (Å²) in [5.41, 5.74) is 1.34. The van der Waals surface area contributed by atoms with Crippen LogP contribution in [0.5, 0.6) is 5.75 Å². The topological polar surface area (TPSA) is 93.4 Å². The fourth-order valence-corrected chi connectivity index (χ4v) is 3.02. The monoisotopic (exact) mass is 311 g/mol. The molecule has 2 N–H and O–H groups in total. The second-order valence-electron chi connectivity index (χ2n) is 4.49. The van der Waals surface area contributed by atoms with Crippen molar-refractivity contribution in [3.8, 4) is 5.75 Å². The second-order valence-corrected chi connectivity index (χ2v) is 6.23. The highest BCUT2D eigenvalue weighted by Crippen LogP contribution is 2.25. The van der Waals surface area contributed by atoms with Crippen molar-refractivity contribution < 1.29 is 18.3 Å². The molecule has 0 aliphatic carbocycles. The lowest BCUT2D eigenvalue weighted by Gasteiger charge is -2.11. The molecule has 0 atom stereocenters. The molecule has 0 saturated heterocycles. The van der Waals surface area contributed by atoms with Crippen LogP contribution in [0.1, 0.15) is 11.1 Å². The number of rotatable bonds is 6. The summed E-state index contributed by atoms with van der Waals surface area (Å²) in [6.07, 6.45) is 3.32. The van der Waals surface area contributed by atoms with E-state index < -0.39 is 10.0 Å². The third-order valence-corrected chi connectivity index (χ3v) is 4.37. The predicted octanol–water partition coefficient (Wildman–Crippen LogP) is 0.399. The minimum Gasteiger partial charge on any atom is -0.495 e. The van der Waals surface area contributed by atoms with Crippen molar-refractivity contribution in [2.45, 2.75) is 18.0 Å². The van der Waals surface area contributed by atoms with Crippen molar-refractivity contribution in [2.24, 2.45) is 7.05 Å². The number of aliphatic hydroxyl groups excluding tert-OH is 1. The summed E-state index contributed by atoms with van der Waals surface area (Å²) in [5.74, 6) is 0.195. The largest absolute Gasteiger partial charge is 0.495 e. The normalized spacial score (nSPS) is 11.6. The van der Waals surface area contributed by atoms with Gasteiger partial charge in [0.15, 0.2) is 0 Å². The van der Waals surface area contributed by atoms with Crippen LogP contribution < -0.4 is 9.46 Å². The van der Waals surface area contributed by atoms with E-state index in [1.807, 2.05) is 0 Å². The molecule has 1 aromatic heterocycles. The summed E-state index contributed by atoms with van der Waals surface area (Å²) in [7, 11) is -0.567. The summed E-state index contributed by atoms with van der Waals surface area (Å²) >= 11 is 0. The van der Waals surface area contributed by atoms with Crippen molar-refractivity contribution in [2.75, 3.05) is 7.11 Å². The van der Waals surface area contributed by atoms with Gasteiger partial charge in [-0.15, -0.1) is 0 Å². The maximum atomic E-state index is 12.3. The first-order chi connectivity index (χ1) is 9.96. The first kappa shape index (κ1) is 15.5. The van der Waals surface area contributed by atoms with E-state index in [2.05, 4.69) is 9.82 Å². The lowest BCUT2D eigenvalue weighted by molar-refractivity contribution is 0.280. The molecule has 0 radical (unpaired) electrons. The van der Waals surface area contributed by atoms with Gasteiger partial charge >= 0.3 is 0 Å². The van der Waals surface area contributed by atoms with E-state index in [4.69, 9.17) is 9.84 Å². The number of aliphatic hydroxyl groups is 1. The maximum absolute atomic E-state index is 12.3. The number of aryl methyl sites for hydroxylation is 1. The average molecular weight is 311 g/mol. The highest BCUT2D eigenvalue weighted by Gasteiger charge is 2.19. The van der Waals surface area contributed by atoms with E-state index in [-0.39, 0.29) is 23.8 Å². The Morgan fingerprint density at radius 1 is 1.38 bits per heavy atom. The van der Waals surface area contributed by atoms with Gasteiger partial charge in [-0.2, -0.15) is 5.10 Å². The van der Waals surface area contributed by atoms with Crippen LogP contribution >= 0.6 is 0 Å². The minimum atomic E-state index is -3.71. The van der Waals surface area contributed by atoms with E-state index in [1.165, 1.54) is 19.2 Å². The van der Waals surface area contributed by atoms with Crippen LogP contribution in [-0.4, -0.2) is 30.4 Å². The SMILES string of the molecule is COc1cc(CO)ccc1S(=O)(=O)NCc1cnn(C)c1. The molecule has 0 aliphatic rings. The van der Waals surface area contributed by atoms with Crippen molar-refractivity contribution in [3.05, 3.63) is 41.7 Å². The zero-order valence-electron chi connectivity index (χ0n) is 11.8. The summed E-state index contributed by atoms with van der Waals surface area (Å²) in [6.45, 7) is -0.0408. The molecular formula is C13H17N3O4S. The van der Waals surface area contributed by atoms with Crippen LogP contribution in [0.15, 0.2) is 35.5 Å². The van der Waals surface area contributed by atoms with E-state index >= 15 is 0 Å². The van der Waals surface area contributed by atoms with Gasteiger partial charge in [0.1, 0.15) is 10.6 Å². The highest BCUT2D eigenvalue weighted by molar-refractivity contribution is 7.89. The van der Waals surface area contributed by atoms with Gasteiger partial charge in [-0.05, 0) is 17.7 Å². The average Bonchev–Trinajstić information content (AvgIpc) is 2.90. The number of sulfonamides is 1. The summed E-state index contributed by atoms with van der Waals surface area (Å²) in [6, 6.07) is 4.45. The Morgan fingerprint density at radius 3 is 2.71 bits per heavy atom. The fraction of sp³-hybridized carbons (Fsp3) is 0.308. The zero-order chi connectivity index (χ0) is 15.5. The molecule has 2 rings (SSSR count). The Kier molecular flexibility index (Phi) is 4.61. The zero-order valence-corrected chi connectivity index (χ0v) is 12.6. The van der Waals surface area contributed by atoms with Crippen molar-refractivity contribution in [1.82, 2.24) is 14.5 Å². The Labute approximate surface area is 123 Å². The molecule has 114 valence electrons. The molecule has 0 spiro atoms. The standard InChI is InChI=1S/C13H17N3O4S/c1-16-8-11(6-14-16)7-15-21(18,19)13-4-3-10(9-17)5-12(13)20-2/h3-6,8,15,17H,7,9H2,1-2H3. The molecule has 1 heterocycles. The van der Waals surface area contributed by atoms with Gasteiger partial charge < -0.3 is 9.84 Å². The van der Waals surface area contributed by atoms with Gasteiger partial charge in [0.2, 0.25) is 10.0 Å². The fourth-order valence-electron chi connectivity index (χ4n) is 1.85. The molecule has 2 aromatic rings. The molecule has 0 unspecified atom stereocenters. The Balaban J connectivity index is 2.22.